The third-order valence-corrected chi connectivity index (χ3v) is 9.58. The molecule has 262 valence electrons. The number of anilines is 1. The Morgan fingerprint density at radius 2 is 1.40 bits per heavy atom. The van der Waals surface area contributed by atoms with Gasteiger partial charge in [0.15, 0.2) is 6.29 Å². The second-order valence-corrected chi connectivity index (χ2v) is 13.5. The number of benzene rings is 2. The lowest BCUT2D eigenvalue weighted by atomic mass is 9.90. The molecule has 48 heavy (non-hydrogen) atoms. The monoisotopic (exact) mass is 657 g/mol. The normalized spacial score (nSPS) is 19.4. The van der Waals surface area contributed by atoms with Gasteiger partial charge in [0.25, 0.3) is 5.91 Å². The van der Waals surface area contributed by atoms with Crippen LogP contribution in [0.25, 0.3) is 0 Å². The highest BCUT2D eigenvalue weighted by atomic mass is 16.7. The van der Waals surface area contributed by atoms with Gasteiger partial charge in [-0.25, -0.2) is 0 Å². The lowest BCUT2D eigenvalue weighted by Gasteiger charge is -2.43. The maximum Gasteiger partial charge on any atom is 0.257 e. The lowest BCUT2D eigenvalue weighted by Crippen LogP contribution is -2.45. The van der Waals surface area contributed by atoms with Gasteiger partial charge in [-0.05, 0) is 61.3 Å². The summed E-state index contributed by atoms with van der Waals surface area (Å²) >= 11 is 0. The Kier molecular flexibility index (Phi) is 16.6. The van der Waals surface area contributed by atoms with E-state index in [0.717, 1.165) is 36.3 Å². The van der Waals surface area contributed by atoms with Crippen molar-refractivity contribution in [3.05, 3.63) is 95.3 Å². The Bertz CT molecular complexity index is 1290. The highest BCUT2D eigenvalue weighted by Crippen LogP contribution is 2.42. The summed E-state index contributed by atoms with van der Waals surface area (Å²) in [4.78, 5) is 19.4. The van der Waals surface area contributed by atoms with E-state index in [0.29, 0.717) is 11.3 Å². The van der Waals surface area contributed by atoms with Crippen molar-refractivity contribution >= 4 is 11.6 Å². The molecule has 2 aromatic carbocycles. The number of unbranched alkanes of at least 4 members (excludes halogenated alkanes) is 10. The van der Waals surface area contributed by atoms with Crippen molar-refractivity contribution in [2.45, 2.75) is 123 Å². The standard InChI is InChI=1S/C41H59N3O4/c1-4-6-8-10-12-14-27-44(28-15-13-11-9-7-5-2)30-38-32(3)39(34-20-18-33(31-45)19-21-34)48-41(47-38)35-22-24-37(25-23-35)43-40(46)36-17-16-26-42-29-36/h16-26,29,32,38-39,41,45H,4-15,27-28,30-31H2,1-3H3,(H,43,46). The van der Waals surface area contributed by atoms with Crippen molar-refractivity contribution in [2.24, 2.45) is 5.92 Å². The van der Waals surface area contributed by atoms with Crippen LogP contribution < -0.4 is 5.32 Å². The smallest absolute Gasteiger partial charge is 0.257 e. The molecule has 2 heterocycles. The number of pyridine rings is 1. The van der Waals surface area contributed by atoms with Gasteiger partial charge in [0.2, 0.25) is 0 Å². The molecule has 1 aromatic heterocycles. The zero-order chi connectivity index (χ0) is 34.0. The van der Waals surface area contributed by atoms with Gasteiger partial charge in [0.1, 0.15) is 0 Å². The molecule has 7 nitrogen and oxygen atoms in total. The van der Waals surface area contributed by atoms with Gasteiger partial charge in [-0.1, -0.05) is 121 Å². The predicted octanol–water partition coefficient (Wildman–Crippen LogP) is 9.64. The molecule has 4 unspecified atom stereocenters. The summed E-state index contributed by atoms with van der Waals surface area (Å²) in [6.45, 7) is 9.88. The third kappa shape index (κ3) is 12.1. The number of hydrogen-bond acceptors (Lipinski definition) is 6. The molecule has 4 rings (SSSR count). The highest BCUT2D eigenvalue weighted by molar-refractivity contribution is 6.04. The molecule has 1 fully saturated rings. The number of aromatic nitrogens is 1. The number of aliphatic hydroxyl groups excluding tert-OH is 1. The molecular weight excluding hydrogens is 598 g/mol. The zero-order valence-electron chi connectivity index (χ0n) is 29.6. The molecule has 1 amide bonds. The molecule has 4 atom stereocenters. The van der Waals surface area contributed by atoms with Gasteiger partial charge in [-0.2, -0.15) is 0 Å². The number of hydrogen-bond donors (Lipinski definition) is 2. The first-order valence-electron chi connectivity index (χ1n) is 18.6. The molecule has 0 aliphatic carbocycles. The molecule has 0 radical (unpaired) electrons. The molecule has 1 aliphatic rings. The Labute approximate surface area is 289 Å². The molecular formula is C41H59N3O4. The van der Waals surface area contributed by atoms with E-state index in [2.05, 4.69) is 48.1 Å². The van der Waals surface area contributed by atoms with Crippen LogP contribution in [0.5, 0.6) is 0 Å². The quantitative estimate of drug-likeness (QED) is 0.111. The molecule has 1 aliphatic heterocycles. The van der Waals surface area contributed by atoms with Crippen molar-refractivity contribution in [1.29, 1.82) is 0 Å². The Balaban J connectivity index is 1.48. The van der Waals surface area contributed by atoms with Gasteiger partial charge < -0.3 is 24.8 Å². The van der Waals surface area contributed by atoms with E-state index in [-0.39, 0.29) is 30.6 Å². The zero-order valence-corrected chi connectivity index (χ0v) is 29.6. The van der Waals surface area contributed by atoms with E-state index >= 15 is 0 Å². The van der Waals surface area contributed by atoms with Crippen molar-refractivity contribution in [1.82, 2.24) is 9.88 Å². The average Bonchev–Trinajstić information content (AvgIpc) is 3.12. The molecule has 0 spiro atoms. The molecule has 3 aromatic rings. The van der Waals surface area contributed by atoms with E-state index in [1.165, 1.54) is 77.0 Å². The summed E-state index contributed by atoms with van der Waals surface area (Å²) in [5.74, 6) is -0.0620. The van der Waals surface area contributed by atoms with Gasteiger partial charge in [0, 0.05) is 36.1 Å². The summed E-state index contributed by atoms with van der Waals surface area (Å²) in [6.07, 6.45) is 18.0. The second-order valence-electron chi connectivity index (χ2n) is 13.5. The maximum absolute atomic E-state index is 12.7. The first-order valence-corrected chi connectivity index (χ1v) is 18.6. The molecule has 2 N–H and O–H groups in total. The largest absolute Gasteiger partial charge is 0.392 e. The summed E-state index contributed by atoms with van der Waals surface area (Å²) in [7, 11) is 0. The minimum absolute atomic E-state index is 0.0172. The van der Waals surface area contributed by atoms with Crippen LogP contribution in [-0.4, -0.2) is 46.6 Å². The number of aliphatic hydroxyl groups is 1. The van der Waals surface area contributed by atoms with Crippen LogP contribution >= 0.6 is 0 Å². The first-order chi connectivity index (χ1) is 23.5. The SMILES string of the molecule is CCCCCCCCN(CCCCCCCC)CC1OC(c2ccc(NC(=O)c3cccnc3)cc2)OC(c2ccc(CO)cc2)C1C. The van der Waals surface area contributed by atoms with E-state index in [1.807, 2.05) is 36.4 Å². The van der Waals surface area contributed by atoms with Crippen LogP contribution in [0.1, 0.15) is 137 Å². The number of carbonyl (C=O) groups excluding carboxylic acids is 1. The number of nitrogens with zero attached hydrogens (tertiary/aromatic N) is 2. The number of amides is 1. The summed E-state index contributed by atoms with van der Waals surface area (Å²) in [5, 5.41) is 12.6. The van der Waals surface area contributed by atoms with E-state index in [9.17, 15) is 9.90 Å². The topological polar surface area (TPSA) is 83.9 Å². The molecule has 0 bridgehead atoms. The number of ether oxygens (including phenoxy) is 2. The minimum atomic E-state index is -0.540. The van der Waals surface area contributed by atoms with Crippen molar-refractivity contribution in [3.63, 3.8) is 0 Å². The fourth-order valence-electron chi connectivity index (χ4n) is 6.53. The number of rotatable bonds is 21. The van der Waals surface area contributed by atoms with Crippen LogP contribution in [0.3, 0.4) is 0 Å². The highest BCUT2D eigenvalue weighted by Gasteiger charge is 2.39. The van der Waals surface area contributed by atoms with Crippen LogP contribution in [-0.2, 0) is 16.1 Å². The van der Waals surface area contributed by atoms with Crippen molar-refractivity contribution < 1.29 is 19.4 Å². The molecule has 1 saturated heterocycles. The van der Waals surface area contributed by atoms with E-state index < -0.39 is 6.29 Å². The average molecular weight is 658 g/mol. The predicted molar refractivity (Wildman–Crippen MR) is 195 cm³/mol. The van der Waals surface area contributed by atoms with Crippen LogP contribution in [0.2, 0.25) is 0 Å². The molecule has 0 saturated carbocycles. The Morgan fingerprint density at radius 3 is 1.98 bits per heavy atom. The summed E-state index contributed by atoms with van der Waals surface area (Å²) < 4.78 is 13.5. The van der Waals surface area contributed by atoms with Gasteiger partial charge in [0.05, 0.1) is 24.4 Å². The van der Waals surface area contributed by atoms with Crippen molar-refractivity contribution in [2.75, 3.05) is 25.0 Å². The summed E-state index contributed by atoms with van der Waals surface area (Å²) in [6, 6.07) is 19.4. The fourth-order valence-corrected chi connectivity index (χ4v) is 6.53. The second kappa shape index (κ2) is 21.1. The number of nitrogens with one attached hydrogen (secondary N) is 1. The minimum Gasteiger partial charge on any atom is -0.392 e. The van der Waals surface area contributed by atoms with Crippen LogP contribution in [0.4, 0.5) is 5.69 Å². The van der Waals surface area contributed by atoms with Gasteiger partial charge >= 0.3 is 0 Å². The van der Waals surface area contributed by atoms with Crippen molar-refractivity contribution in [3.8, 4) is 0 Å². The summed E-state index contributed by atoms with van der Waals surface area (Å²) in [5.41, 5.74) is 4.12. The van der Waals surface area contributed by atoms with Gasteiger partial charge in [-0.15, -0.1) is 0 Å². The third-order valence-electron chi connectivity index (χ3n) is 9.58. The van der Waals surface area contributed by atoms with Crippen LogP contribution in [0.15, 0.2) is 73.1 Å². The fraction of sp³-hybridized carbons (Fsp3) is 0.561. The Hall–Kier alpha value is -3.10. The first kappa shape index (κ1) is 37.7. The number of carbonyl (C=O) groups is 1. The van der Waals surface area contributed by atoms with E-state index in [4.69, 9.17) is 9.47 Å². The lowest BCUT2D eigenvalue weighted by molar-refractivity contribution is -0.276. The molecule has 7 heteroatoms. The van der Waals surface area contributed by atoms with Gasteiger partial charge in [-0.3, -0.25) is 9.78 Å². The van der Waals surface area contributed by atoms with Crippen LogP contribution in [0, 0.1) is 5.92 Å². The van der Waals surface area contributed by atoms with E-state index in [1.54, 1.807) is 24.5 Å². The Morgan fingerprint density at radius 1 is 0.792 bits per heavy atom. The maximum atomic E-state index is 12.7.